The molecular weight excluding hydrogens is 373 g/mol. The van der Waals surface area contributed by atoms with Gasteiger partial charge in [-0.3, -0.25) is 0 Å². The molecule has 7 heteroatoms. The molecule has 0 spiro atoms. The van der Waals surface area contributed by atoms with Crippen molar-refractivity contribution in [1.29, 1.82) is 0 Å². The fraction of sp³-hybridized carbons (Fsp3) is 0.833. The van der Waals surface area contributed by atoms with Crippen LogP contribution in [0.25, 0.3) is 0 Å². The molecule has 2 unspecified atom stereocenters. The second-order valence-corrected chi connectivity index (χ2v) is 9.58. The Morgan fingerprint density at radius 2 is 1.26 bits per heavy atom. The second kappa shape index (κ2) is 3.20. The maximum Gasteiger partial charge on any atom is 0.166 e. The molecule has 1 heterocycles. The minimum Gasteiger partial charge on any atom is -0.369 e. The molecular formula is C12H8Cl6O. The highest BCUT2D eigenvalue weighted by atomic mass is 35.5. The SMILES string of the molecule is ClC1=C(Cl)[C@]2(Cl)[C@@H]3C4CC([C@@H]5O[C@@H]45)[C@@H]3[C@@]1(Cl)C2(Cl)Cl. The van der Waals surface area contributed by atoms with Crippen molar-refractivity contribution in [3.8, 4) is 0 Å². The van der Waals surface area contributed by atoms with Crippen molar-refractivity contribution in [1.82, 2.24) is 0 Å². The van der Waals surface area contributed by atoms with Crippen LogP contribution in [0.4, 0.5) is 0 Å². The minimum atomic E-state index is -1.37. The van der Waals surface area contributed by atoms with Crippen LogP contribution in [0, 0.1) is 23.7 Å². The first-order valence-electron chi connectivity index (χ1n) is 6.25. The maximum absolute atomic E-state index is 6.82. The first-order chi connectivity index (χ1) is 8.78. The number of ether oxygens (including phenoxy) is 1. The highest BCUT2D eigenvalue weighted by molar-refractivity contribution is 6.65. The van der Waals surface area contributed by atoms with Gasteiger partial charge in [-0.25, -0.2) is 0 Å². The molecule has 0 aromatic carbocycles. The van der Waals surface area contributed by atoms with Crippen LogP contribution in [-0.2, 0) is 4.74 Å². The molecule has 0 N–H and O–H groups in total. The molecule has 1 saturated heterocycles. The zero-order chi connectivity index (χ0) is 13.5. The Morgan fingerprint density at radius 1 is 0.842 bits per heavy atom. The van der Waals surface area contributed by atoms with Crippen molar-refractivity contribution in [3.05, 3.63) is 10.1 Å². The molecule has 0 aromatic heterocycles. The smallest absolute Gasteiger partial charge is 0.166 e. The van der Waals surface area contributed by atoms with Gasteiger partial charge in [0, 0.05) is 0 Å². The fourth-order valence-electron chi connectivity index (χ4n) is 5.30. The second-order valence-electron chi connectivity index (χ2n) is 6.31. The fourth-order valence-corrected chi connectivity index (χ4v) is 8.43. The number of allylic oxidation sites excluding steroid dienone is 2. The standard InChI is InChI=1S/C12H8Cl6O/c13-8-9(14)11(16)5-3-1-2(6-7(3)19-6)4(5)10(8,15)12(11,17)18/h2-7H,1H2/t2?,3?,4-,5+,6-,7-,10-,11+/m0/s1. The molecule has 1 aliphatic heterocycles. The summed E-state index contributed by atoms with van der Waals surface area (Å²) >= 11 is 39.5. The van der Waals surface area contributed by atoms with E-state index >= 15 is 0 Å². The summed E-state index contributed by atoms with van der Waals surface area (Å²) in [7, 11) is 0. The lowest BCUT2D eigenvalue weighted by molar-refractivity contribution is 0.237. The Hall–Kier alpha value is 1.44. The lowest BCUT2D eigenvalue weighted by atomic mass is 9.73. The van der Waals surface area contributed by atoms with Gasteiger partial charge in [0.05, 0.1) is 22.3 Å². The molecule has 0 amide bonds. The third-order valence-corrected chi connectivity index (χ3v) is 10.2. The molecule has 4 aliphatic carbocycles. The van der Waals surface area contributed by atoms with Gasteiger partial charge in [-0.1, -0.05) is 46.4 Å². The summed E-state index contributed by atoms with van der Waals surface area (Å²) in [5.41, 5.74) is 0. The van der Waals surface area contributed by atoms with Gasteiger partial charge < -0.3 is 4.74 Å². The lowest BCUT2D eigenvalue weighted by Gasteiger charge is -2.38. The molecule has 8 atom stereocenters. The summed E-state index contributed by atoms with van der Waals surface area (Å²) in [6.07, 6.45) is 1.63. The highest BCUT2D eigenvalue weighted by Gasteiger charge is 2.89. The van der Waals surface area contributed by atoms with Crippen molar-refractivity contribution < 1.29 is 4.74 Å². The van der Waals surface area contributed by atoms with Gasteiger partial charge in [0.25, 0.3) is 0 Å². The molecule has 1 nitrogen and oxygen atoms in total. The van der Waals surface area contributed by atoms with Gasteiger partial charge in [-0.15, -0.1) is 23.2 Å². The van der Waals surface area contributed by atoms with Gasteiger partial charge in [0.2, 0.25) is 0 Å². The van der Waals surface area contributed by atoms with E-state index < -0.39 is 14.1 Å². The van der Waals surface area contributed by atoms with Crippen molar-refractivity contribution in [2.75, 3.05) is 0 Å². The molecule has 3 saturated carbocycles. The number of epoxide rings is 1. The number of hydrogen-bond acceptors (Lipinski definition) is 1. The summed E-state index contributed by atoms with van der Waals surface area (Å²) in [6, 6.07) is 0. The average molecular weight is 381 g/mol. The molecule has 5 aliphatic rings. The van der Waals surface area contributed by atoms with Crippen molar-refractivity contribution >= 4 is 69.6 Å². The molecule has 4 bridgehead atoms. The van der Waals surface area contributed by atoms with Gasteiger partial charge in [-0.2, -0.15) is 0 Å². The van der Waals surface area contributed by atoms with E-state index in [4.69, 9.17) is 74.3 Å². The minimum absolute atomic E-state index is 0.0467. The van der Waals surface area contributed by atoms with E-state index in [0.717, 1.165) is 6.42 Å². The quantitative estimate of drug-likeness (QED) is 0.343. The van der Waals surface area contributed by atoms with E-state index in [1.165, 1.54) is 0 Å². The number of alkyl halides is 4. The Labute approximate surface area is 140 Å². The zero-order valence-electron chi connectivity index (χ0n) is 9.35. The van der Waals surface area contributed by atoms with E-state index in [2.05, 4.69) is 0 Å². The van der Waals surface area contributed by atoms with Crippen molar-refractivity contribution in [2.45, 2.75) is 32.7 Å². The Morgan fingerprint density at radius 3 is 1.68 bits per heavy atom. The van der Waals surface area contributed by atoms with Crippen LogP contribution >= 0.6 is 69.6 Å². The first-order valence-corrected chi connectivity index (χ1v) is 8.52. The first kappa shape index (κ1) is 12.9. The van der Waals surface area contributed by atoms with Crippen LogP contribution in [0.3, 0.4) is 0 Å². The molecule has 0 aromatic rings. The highest BCUT2D eigenvalue weighted by Crippen LogP contribution is 2.84. The number of fused-ring (bicyclic) bond motifs is 12. The van der Waals surface area contributed by atoms with Crippen molar-refractivity contribution in [3.63, 3.8) is 0 Å². The summed E-state index contributed by atoms with van der Waals surface area (Å²) in [6.45, 7) is 0. The predicted molar refractivity (Wildman–Crippen MR) is 77.6 cm³/mol. The van der Waals surface area contributed by atoms with Crippen LogP contribution in [0.1, 0.15) is 6.42 Å². The largest absolute Gasteiger partial charge is 0.369 e. The summed E-state index contributed by atoms with van der Waals surface area (Å²) in [5, 5.41) is 0.642. The Bertz CT molecular complexity index is 516. The summed E-state index contributed by atoms with van der Waals surface area (Å²) < 4.78 is 4.35. The lowest BCUT2D eigenvalue weighted by Crippen LogP contribution is -2.46. The summed E-state index contributed by atoms with van der Waals surface area (Å²) in [4.78, 5) is -2.17. The van der Waals surface area contributed by atoms with Crippen LogP contribution in [0.2, 0.25) is 0 Å². The maximum atomic E-state index is 6.82. The van der Waals surface area contributed by atoms with E-state index in [1.54, 1.807) is 0 Å². The molecule has 19 heavy (non-hydrogen) atoms. The predicted octanol–water partition coefficient (Wildman–Crippen LogP) is 4.48. The number of hydrogen-bond donors (Lipinski definition) is 0. The topological polar surface area (TPSA) is 12.5 Å². The van der Waals surface area contributed by atoms with Gasteiger partial charge in [0.15, 0.2) is 4.33 Å². The van der Waals surface area contributed by atoms with E-state index in [1.807, 2.05) is 0 Å². The van der Waals surface area contributed by atoms with Gasteiger partial charge >= 0.3 is 0 Å². The zero-order valence-corrected chi connectivity index (χ0v) is 13.9. The average Bonchev–Trinajstić information content (AvgIpc) is 2.91. The van der Waals surface area contributed by atoms with Gasteiger partial charge in [-0.05, 0) is 30.1 Å². The third kappa shape index (κ3) is 0.986. The summed E-state index contributed by atoms with van der Waals surface area (Å²) in [5.74, 6) is 0.776. The van der Waals surface area contributed by atoms with E-state index in [-0.39, 0.29) is 24.0 Å². The number of halogens is 6. The van der Waals surface area contributed by atoms with E-state index in [9.17, 15) is 0 Å². The van der Waals surface area contributed by atoms with Crippen LogP contribution in [0.5, 0.6) is 0 Å². The van der Waals surface area contributed by atoms with E-state index in [0.29, 0.717) is 21.9 Å². The van der Waals surface area contributed by atoms with Crippen LogP contribution < -0.4 is 0 Å². The molecule has 104 valence electrons. The van der Waals surface area contributed by atoms with Crippen LogP contribution in [-0.4, -0.2) is 26.3 Å². The third-order valence-electron chi connectivity index (χ3n) is 5.92. The monoisotopic (exact) mass is 378 g/mol. The molecule has 4 fully saturated rings. The number of rotatable bonds is 0. The molecule has 0 radical (unpaired) electrons. The van der Waals surface area contributed by atoms with Gasteiger partial charge in [0.1, 0.15) is 9.75 Å². The van der Waals surface area contributed by atoms with Crippen molar-refractivity contribution in [2.24, 2.45) is 23.7 Å². The Balaban J connectivity index is 1.80. The Kier molecular flexibility index (Phi) is 2.18. The van der Waals surface area contributed by atoms with Crippen LogP contribution in [0.15, 0.2) is 10.1 Å². The molecule has 5 rings (SSSR count). The normalized spacial score (nSPS) is 66.6.